The molecule has 1 unspecified atom stereocenters. The minimum absolute atomic E-state index is 0.0906. The maximum absolute atomic E-state index is 11.7. The number of hydrogen-bond acceptors (Lipinski definition) is 3. The molecule has 0 aliphatic carbocycles. The Morgan fingerprint density at radius 3 is 2.13 bits per heavy atom. The number of hydrazine groups is 1. The van der Waals surface area contributed by atoms with E-state index in [1.165, 1.54) is 0 Å². The molecule has 0 aromatic carbocycles. The molecule has 4 heteroatoms. The van der Waals surface area contributed by atoms with Crippen molar-refractivity contribution in [1.82, 2.24) is 10.3 Å². The third-order valence-electron chi connectivity index (χ3n) is 2.54. The van der Waals surface area contributed by atoms with Crippen LogP contribution in [-0.2, 0) is 4.79 Å². The number of nitrogens with zero attached hydrogens (tertiary/aromatic N) is 1. The van der Waals surface area contributed by atoms with Crippen molar-refractivity contribution in [2.75, 3.05) is 6.54 Å². The molecule has 4 nitrogen and oxygen atoms in total. The molecule has 90 valence electrons. The highest BCUT2D eigenvalue weighted by Crippen LogP contribution is 2.14. The van der Waals surface area contributed by atoms with Gasteiger partial charge in [0.05, 0.1) is 6.04 Å². The molecule has 0 aliphatic rings. The zero-order valence-electron chi connectivity index (χ0n) is 10.6. The Bertz CT molecular complexity index is 192. The second-order valence-corrected chi connectivity index (χ2v) is 4.53. The van der Waals surface area contributed by atoms with E-state index in [-0.39, 0.29) is 17.9 Å². The first-order valence-electron chi connectivity index (χ1n) is 5.71. The monoisotopic (exact) mass is 215 g/mol. The Morgan fingerprint density at radius 2 is 1.87 bits per heavy atom. The van der Waals surface area contributed by atoms with Crippen LogP contribution in [-0.4, -0.2) is 29.4 Å². The van der Waals surface area contributed by atoms with Gasteiger partial charge in [0.25, 0.3) is 5.91 Å². The maximum Gasteiger partial charge on any atom is 0.251 e. The third kappa shape index (κ3) is 4.18. The van der Waals surface area contributed by atoms with Gasteiger partial charge in [-0.15, -0.1) is 0 Å². The number of hydrogen-bond donors (Lipinski definition) is 2. The van der Waals surface area contributed by atoms with Crippen molar-refractivity contribution < 1.29 is 4.79 Å². The average Bonchev–Trinajstić information content (AvgIpc) is 2.15. The third-order valence-corrected chi connectivity index (χ3v) is 2.54. The predicted octanol–water partition coefficient (Wildman–Crippen LogP) is 1.12. The number of nitrogens with one attached hydrogen (secondary N) is 1. The summed E-state index contributed by atoms with van der Waals surface area (Å²) in [4.78, 5) is 13.9. The van der Waals surface area contributed by atoms with Gasteiger partial charge in [0, 0.05) is 6.04 Å². The Labute approximate surface area is 93.2 Å². The fourth-order valence-corrected chi connectivity index (χ4v) is 1.90. The zero-order valence-corrected chi connectivity index (χ0v) is 10.6. The summed E-state index contributed by atoms with van der Waals surface area (Å²) in [5.41, 5.74) is 2.26. The van der Waals surface area contributed by atoms with E-state index in [1.54, 1.807) is 0 Å². The van der Waals surface area contributed by atoms with Gasteiger partial charge in [-0.3, -0.25) is 15.1 Å². The van der Waals surface area contributed by atoms with E-state index in [0.717, 1.165) is 13.0 Å². The topological polar surface area (TPSA) is 58.4 Å². The Hall–Kier alpha value is -0.610. The van der Waals surface area contributed by atoms with Crippen molar-refractivity contribution in [3.05, 3.63) is 0 Å². The Kier molecular flexibility index (Phi) is 6.52. The summed E-state index contributed by atoms with van der Waals surface area (Å²) in [6.45, 7) is 11.3. The summed E-state index contributed by atoms with van der Waals surface area (Å²) in [5.74, 6) is 5.39. The smallest absolute Gasteiger partial charge is 0.251 e. The number of rotatable bonds is 6. The van der Waals surface area contributed by atoms with Crippen LogP contribution in [0.5, 0.6) is 0 Å². The molecule has 3 N–H and O–H groups in total. The molecule has 0 aliphatic heterocycles. The lowest BCUT2D eigenvalue weighted by molar-refractivity contribution is -0.129. The second kappa shape index (κ2) is 6.80. The maximum atomic E-state index is 11.7. The van der Waals surface area contributed by atoms with Crippen molar-refractivity contribution in [1.29, 1.82) is 0 Å². The van der Waals surface area contributed by atoms with E-state index >= 15 is 0 Å². The van der Waals surface area contributed by atoms with Crippen molar-refractivity contribution in [2.45, 2.75) is 53.1 Å². The molecule has 0 heterocycles. The summed E-state index contributed by atoms with van der Waals surface area (Å²) < 4.78 is 0. The first-order valence-corrected chi connectivity index (χ1v) is 5.71. The van der Waals surface area contributed by atoms with Crippen LogP contribution < -0.4 is 11.3 Å². The Balaban J connectivity index is 4.75. The van der Waals surface area contributed by atoms with Crippen molar-refractivity contribution in [3.63, 3.8) is 0 Å². The number of nitrogens with two attached hydrogens (primary N) is 1. The van der Waals surface area contributed by atoms with Gasteiger partial charge in [0.2, 0.25) is 0 Å². The van der Waals surface area contributed by atoms with Gasteiger partial charge in [-0.2, -0.15) is 0 Å². The van der Waals surface area contributed by atoms with Gasteiger partial charge in [-0.1, -0.05) is 20.8 Å². The van der Waals surface area contributed by atoms with E-state index in [4.69, 9.17) is 5.84 Å². The quantitative estimate of drug-likeness (QED) is 0.396. The van der Waals surface area contributed by atoms with Crippen LogP contribution in [0, 0.1) is 5.92 Å². The van der Waals surface area contributed by atoms with Crippen molar-refractivity contribution in [3.8, 4) is 0 Å². The molecule has 0 aromatic heterocycles. The minimum atomic E-state index is -0.130. The number of carbonyl (C=O) groups excluding carboxylic acids is 1. The lowest BCUT2D eigenvalue weighted by Crippen LogP contribution is -2.54. The van der Waals surface area contributed by atoms with Crippen LogP contribution in [0.1, 0.15) is 41.0 Å². The van der Waals surface area contributed by atoms with E-state index in [1.807, 2.05) is 13.8 Å². The summed E-state index contributed by atoms with van der Waals surface area (Å²) in [7, 11) is 0. The summed E-state index contributed by atoms with van der Waals surface area (Å²) in [5, 5.41) is 0. The van der Waals surface area contributed by atoms with Gasteiger partial charge < -0.3 is 0 Å². The van der Waals surface area contributed by atoms with Crippen LogP contribution in [0.25, 0.3) is 0 Å². The largest absolute Gasteiger partial charge is 0.293 e. The molecule has 0 rings (SSSR count). The molecule has 1 amide bonds. The second-order valence-electron chi connectivity index (χ2n) is 4.53. The van der Waals surface area contributed by atoms with Crippen LogP contribution in [0.2, 0.25) is 0 Å². The van der Waals surface area contributed by atoms with Crippen molar-refractivity contribution >= 4 is 5.91 Å². The van der Waals surface area contributed by atoms with Crippen LogP contribution in [0.15, 0.2) is 0 Å². The fourth-order valence-electron chi connectivity index (χ4n) is 1.90. The predicted molar refractivity (Wildman–Crippen MR) is 63.1 cm³/mol. The van der Waals surface area contributed by atoms with Gasteiger partial charge in [0.15, 0.2) is 0 Å². The first-order chi connectivity index (χ1) is 6.95. The highest BCUT2D eigenvalue weighted by Gasteiger charge is 2.29. The molecule has 0 radical (unpaired) electrons. The van der Waals surface area contributed by atoms with E-state index in [9.17, 15) is 4.79 Å². The molecule has 0 fully saturated rings. The van der Waals surface area contributed by atoms with E-state index < -0.39 is 0 Å². The fraction of sp³-hybridized carbons (Fsp3) is 0.909. The molecule has 0 spiro atoms. The SMILES string of the molecule is CCCN(C(C)C)C(C(=O)NN)C(C)C. The first kappa shape index (κ1) is 14.4. The summed E-state index contributed by atoms with van der Waals surface area (Å²) >= 11 is 0. The summed E-state index contributed by atoms with van der Waals surface area (Å²) in [6.07, 6.45) is 1.04. The van der Waals surface area contributed by atoms with Gasteiger partial charge in [-0.25, -0.2) is 5.84 Å². The normalized spacial score (nSPS) is 13.7. The molecule has 15 heavy (non-hydrogen) atoms. The molecular weight excluding hydrogens is 190 g/mol. The lowest BCUT2D eigenvalue weighted by atomic mass is 10.00. The lowest BCUT2D eigenvalue weighted by Gasteiger charge is -2.35. The molecule has 0 saturated heterocycles. The van der Waals surface area contributed by atoms with Gasteiger partial charge >= 0.3 is 0 Å². The molecule has 0 saturated carbocycles. The standard InChI is InChI=1S/C11H25N3O/c1-6-7-14(9(4)5)10(8(2)3)11(15)13-12/h8-10H,6-7,12H2,1-5H3,(H,13,15). The zero-order chi connectivity index (χ0) is 12.0. The molecular formula is C11H25N3O. The highest BCUT2D eigenvalue weighted by atomic mass is 16.2. The van der Waals surface area contributed by atoms with Crippen LogP contribution >= 0.6 is 0 Å². The van der Waals surface area contributed by atoms with Crippen LogP contribution in [0.3, 0.4) is 0 Å². The Morgan fingerprint density at radius 1 is 1.33 bits per heavy atom. The van der Waals surface area contributed by atoms with Gasteiger partial charge in [0.1, 0.15) is 0 Å². The minimum Gasteiger partial charge on any atom is -0.293 e. The number of amides is 1. The van der Waals surface area contributed by atoms with E-state index in [0.29, 0.717) is 6.04 Å². The van der Waals surface area contributed by atoms with E-state index in [2.05, 4.69) is 31.1 Å². The van der Waals surface area contributed by atoms with Crippen molar-refractivity contribution in [2.24, 2.45) is 11.8 Å². The molecule has 1 atom stereocenters. The summed E-state index contributed by atoms with van der Waals surface area (Å²) in [6, 6.07) is 0.226. The molecule has 0 bridgehead atoms. The van der Waals surface area contributed by atoms with Crippen LogP contribution in [0.4, 0.5) is 0 Å². The highest BCUT2D eigenvalue weighted by molar-refractivity contribution is 5.81. The number of carbonyl (C=O) groups is 1. The molecule has 0 aromatic rings. The average molecular weight is 215 g/mol. The van der Waals surface area contributed by atoms with Gasteiger partial charge in [-0.05, 0) is 32.7 Å².